The fourth-order valence-corrected chi connectivity index (χ4v) is 2.55. The number of H-pyrrole nitrogens is 1. The van der Waals surface area contributed by atoms with Crippen LogP contribution in [-0.2, 0) is 6.54 Å². The van der Waals surface area contributed by atoms with Gasteiger partial charge in [0.05, 0.1) is 23.5 Å². The van der Waals surface area contributed by atoms with Crippen LogP contribution < -0.4 is 4.74 Å². The number of amides is 1. The minimum atomic E-state index is -0.0742. The number of ether oxygens (including phenoxy) is 1. The molecular formula is C19H23N3O2. The van der Waals surface area contributed by atoms with Crippen LogP contribution in [-0.4, -0.2) is 34.7 Å². The number of rotatable bonds is 7. The molecule has 1 fully saturated rings. The molecule has 0 unspecified atom stereocenters. The third-order valence-corrected chi connectivity index (χ3v) is 3.99. The molecule has 0 saturated heterocycles. The van der Waals surface area contributed by atoms with Crippen molar-refractivity contribution in [3.63, 3.8) is 0 Å². The number of carbonyl (C=O) groups excluding carboxylic acids is 1. The maximum Gasteiger partial charge on any atom is 0.257 e. The maximum atomic E-state index is 12.8. The molecule has 3 rings (SSSR count). The second-order valence-corrected chi connectivity index (χ2v) is 6.50. The van der Waals surface area contributed by atoms with E-state index in [0.717, 1.165) is 17.0 Å². The highest BCUT2D eigenvalue weighted by atomic mass is 16.5. The van der Waals surface area contributed by atoms with E-state index in [1.54, 1.807) is 18.0 Å². The first-order chi connectivity index (χ1) is 11.5. The normalized spacial score (nSPS) is 13.6. The van der Waals surface area contributed by atoms with E-state index in [1.165, 1.54) is 12.8 Å². The van der Waals surface area contributed by atoms with E-state index < -0.39 is 0 Å². The molecule has 1 aromatic heterocycles. The zero-order valence-corrected chi connectivity index (χ0v) is 14.2. The molecule has 1 aliphatic carbocycles. The number of nitrogens with zero attached hydrogens (tertiary/aromatic N) is 2. The molecule has 1 amide bonds. The Bertz CT molecular complexity index is 747. The Balaban J connectivity index is 1.69. The topological polar surface area (TPSA) is 58.2 Å². The van der Waals surface area contributed by atoms with Gasteiger partial charge >= 0.3 is 0 Å². The average Bonchev–Trinajstić information content (AvgIpc) is 3.32. The molecule has 1 aromatic carbocycles. The van der Waals surface area contributed by atoms with E-state index in [2.05, 4.69) is 22.8 Å². The molecule has 24 heavy (non-hydrogen) atoms. The molecule has 1 N–H and O–H groups in total. The quantitative estimate of drug-likeness (QED) is 0.793. The Morgan fingerprint density at radius 1 is 1.42 bits per heavy atom. The molecule has 1 saturated carbocycles. The predicted molar refractivity (Wildman–Crippen MR) is 93.1 cm³/mol. The highest BCUT2D eigenvalue weighted by molar-refractivity contribution is 5.96. The molecule has 0 bridgehead atoms. The molecule has 1 heterocycles. The van der Waals surface area contributed by atoms with Gasteiger partial charge in [0.25, 0.3) is 5.91 Å². The lowest BCUT2D eigenvalue weighted by molar-refractivity contribution is 0.0779. The maximum absolute atomic E-state index is 12.8. The monoisotopic (exact) mass is 325 g/mol. The number of aromatic nitrogens is 2. The zero-order valence-electron chi connectivity index (χ0n) is 14.2. The van der Waals surface area contributed by atoms with Crippen LogP contribution in [0.25, 0.3) is 0 Å². The van der Waals surface area contributed by atoms with Crippen molar-refractivity contribution in [1.82, 2.24) is 15.1 Å². The van der Waals surface area contributed by atoms with E-state index in [-0.39, 0.29) is 5.91 Å². The van der Waals surface area contributed by atoms with Crippen molar-refractivity contribution in [2.24, 2.45) is 0 Å². The number of benzene rings is 1. The number of hydrogen-bond donors (Lipinski definition) is 1. The van der Waals surface area contributed by atoms with Crippen LogP contribution in [0.2, 0.25) is 0 Å². The Labute approximate surface area is 142 Å². The summed E-state index contributed by atoms with van der Waals surface area (Å²) in [5.41, 5.74) is 3.53. The fraction of sp³-hybridized carbons (Fsp3) is 0.368. The summed E-state index contributed by atoms with van der Waals surface area (Å²) in [6, 6.07) is 9.36. The van der Waals surface area contributed by atoms with Gasteiger partial charge in [-0.05, 0) is 43.5 Å². The van der Waals surface area contributed by atoms with Crippen molar-refractivity contribution in [2.75, 3.05) is 13.7 Å². The molecule has 0 spiro atoms. The van der Waals surface area contributed by atoms with Crippen LogP contribution >= 0.6 is 0 Å². The predicted octanol–water partition coefficient (Wildman–Crippen LogP) is 3.51. The van der Waals surface area contributed by atoms with Gasteiger partial charge in [0, 0.05) is 13.0 Å². The van der Waals surface area contributed by atoms with Gasteiger partial charge in [0.2, 0.25) is 0 Å². The highest BCUT2D eigenvalue weighted by Crippen LogP contribution is 2.39. The van der Waals surface area contributed by atoms with Gasteiger partial charge in [-0.25, -0.2) is 0 Å². The average molecular weight is 325 g/mol. The summed E-state index contributed by atoms with van der Waals surface area (Å²) in [6.07, 6.45) is 2.43. The standard InChI is InChI=1S/C19H23N3O2/c1-13(2)12-24-18-7-5-4-6-16(18)19(23)22(3)11-15-10-17(21-20-15)14-8-9-14/h4-7,10,14H,1,8-9,11-12H2,2-3H3,(H,20,21). The minimum Gasteiger partial charge on any atom is -0.488 e. The van der Waals surface area contributed by atoms with E-state index in [4.69, 9.17) is 4.74 Å². The summed E-state index contributed by atoms with van der Waals surface area (Å²) in [5, 5.41) is 7.36. The van der Waals surface area contributed by atoms with Crippen LogP contribution in [0, 0.1) is 0 Å². The zero-order chi connectivity index (χ0) is 17.1. The first kappa shape index (κ1) is 16.3. The second-order valence-electron chi connectivity index (χ2n) is 6.50. The van der Waals surface area contributed by atoms with Crippen LogP contribution in [0.1, 0.15) is 47.4 Å². The van der Waals surface area contributed by atoms with E-state index >= 15 is 0 Å². The Morgan fingerprint density at radius 3 is 2.88 bits per heavy atom. The van der Waals surface area contributed by atoms with Gasteiger partial charge in [0.1, 0.15) is 12.4 Å². The first-order valence-corrected chi connectivity index (χ1v) is 8.20. The van der Waals surface area contributed by atoms with Crippen LogP contribution in [0.3, 0.4) is 0 Å². The van der Waals surface area contributed by atoms with Crippen molar-refractivity contribution in [2.45, 2.75) is 32.2 Å². The Kier molecular flexibility index (Phi) is 4.69. The number of carbonyl (C=O) groups is 1. The SMILES string of the molecule is C=C(C)COc1ccccc1C(=O)N(C)Cc1cc(C2CC2)n[nH]1. The van der Waals surface area contributed by atoms with E-state index in [0.29, 0.717) is 30.4 Å². The molecule has 0 aliphatic heterocycles. The number of nitrogens with one attached hydrogen (secondary N) is 1. The summed E-state index contributed by atoms with van der Waals surface area (Å²) >= 11 is 0. The number of aromatic amines is 1. The molecule has 126 valence electrons. The Morgan fingerprint density at radius 2 is 2.17 bits per heavy atom. The number of hydrogen-bond acceptors (Lipinski definition) is 3. The van der Waals surface area contributed by atoms with E-state index in [9.17, 15) is 4.79 Å². The molecule has 1 aliphatic rings. The summed E-state index contributed by atoms with van der Waals surface area (Å²) in [6.45, 7) is 6.62. The molecule has 5 heteroatoms. The smallest absolute Gasteiger partial charge is 0.257 e. The van der Waals surface area contributed by atoms with Crippen molar-refractivity contribution >= 4 is 5.91 Å². The molecule has 5 nitrogen and oxygen atoms in total. The first-order valence-electron chi connectivity index (χ1n) is 8.20. The molecule has 0 radical (unpaired) electrons. The second kappa shape index (κ2) is 6.91. The van der Waals surface area contributed by atoms with Gasteiger partial charge < -0.3 is 9.64 Å². The molecular weight excluding hydrogens is 302 g/mol. The van der Waals surface area contributed by atoms with E-state index in [1.807, 2.05) is 25.1 Å². The van der Waals surface area contributed by atoms with Crippen molar-refractivity contribution < 1.29 is 9.53 Å². The number of para-hydroxylation sites is 1. The van der Waals surface area contributed by atoms with Gasteiger partial charge in [-0.2, -0.15) is 5.10 Å². The summed E-state index contributed by atoms with van der Waals surface area (Å²) in [7, 11) is 1.79. The van der Waals surface area contributed by atoms with Crippen LogP contribution in [0.15, 0.2) is 42.5 Å². The van der Waals surface area contributed by atoms with Gasteiger partial charge in [0.15, 0.2) is 0 Å². The summed E-state index contributed by atoms with van der Waals surface area (Å²) in [5.74, 6) is 1.11. The van der Waals surface area contributed by atoms with Crippen LogP contribution in [0.4, 0.5) is 0 Å². The third kappa shape index (κ3) is 3.85. The summed E-state index contributed by atoms with van der Waals surface area (Å²) in [4.78, 5) is 14.4. The molecule has 2 aromatic rings. The highest BCUT2D eigenvalue weighted by Gasteiger charge is 2.26. The molecule has 0 atom stereocenters. The van der Waals surface area contributed by atoms with Crippen molar-refractivity contribution in [3.05, 3.63) is 59.4 Å². The van der Waals surface area contributed by atoms with Gasteiger partial charge in [-0.1, -0.05) is 18.7 Å². The summed E-state index contributed by atoms with van der Waals surface area (Å²) < 4.78 is 5.70. The van der Waals surface area contributed by atoms with Crippen molar-refractivity contribution in [3.8, 4) is 5.75 Å². The Hall–Kier alpha value is -2.56. The van der Waals surface area contributed by atoms with Crippen molar-refractivity contribution in [1.29, 1.82) is 0 Å². The largest absolute Gasteiger partial charge is 0.488 e. The van der Waals surface area contributed by atoms with Gasteiger partial charge in [-0.15, -0.1) is 0 Å². The lowest BCUT2D eigenvalue weighted by atomic mass is 10.1. The van der Waals surface area contributed by atoms with Gasteiger partial charge in [-0.3, -0.25) is 9.89 Å². The fourth-order valence-electron chi connectivity index (χ4n) is 2.55. The third-order valence-electron chi connectivity index (χ3n) is 3.99. The lowest BCUT2D eigenvalue weighted by Crippen LogP contribution is -2.27. The lowest BCUT2D eigenvalue weighted by Gasteiger charge is -2.18. The van der Waals surface area contributed by atoms with Crippen LogP contribution in [0.5, 0.6) is 5.75 Å². The minimum absolute atomic E-state index is 0.0742.